The molecule has 0 atom stereocenters. The fourth-order valence-corrected chi connectivity index (χ4v) is 4.45. The molecule has 2 aromatic heterocycles. The second kappa shape index (κ2) is 8.60. The van der Waals surface area contributed by atoms with Gasteiger partial charge in [0.25, 0.3) is 0 Å². The lowest BCUT2D eigenvalue weighted by molar-refractivity contribution is -0.0660. The predicted molar refractivity (Wildman–Crippen MR) is 126 cm³/mol. The lowest BCUT2D eigenvalue weighted by Gasteiger charge is -2.43. The van der Waals surface area contributed by atoms with Gasteiger partial charge in [0.05, 0.1) is 26.4 Å². The van der Waals surface area contributed by atoms with Crippen molar-refractivity contribution >= 4 is 17.3 Å². The third-order valence-electron chi connectivity index (χ3n) is 6.62. The molecule has 0 amide bonds. The van der Waals surface area contributed by atoms with E-state index in [0.29, 0.717) is 29.6 Å². The highest BCUT2D eigenvalue weighted by molar-refractivity contribution is 5.65. The van der Waals surface area contributed by atoms with Crippen LogP contribution in [0.15, 0.2) is 36.9 Å². The molecule has 3 fully saturated rings. The molecule has 0 spiro atoms. The van der Waals surface area contributed by atoms with E-state index in [9.17, 15) is 0 Å². The highest BCUT2D eigenvalue weighted by Gasteiger charge is 2.30. The SMILES string of the molecule is COc1cc(-n2cnc(Nc3cc(C4CC4)cc(N4CCN(C5COC5)CC4)c3)n2)ncn1.[HH]. The number of hydrogen-bond acceptors (Lipinski definition) is 9. The van der Waals surface area contributed by atoms with Crippen LogP contribution < -0.4 is 15.0 Å². The minimum Gasteiger partial charge on any atom is -0.481 e. The molecule has 33 heavy (non-hydrogen) atoms. The topological polar surface area (TPSA) is 93.5 Å². The number of anilines is 3. The van der Waals surface area contributed by atoms with E-state index in [1.807, 2.05) is 0 Å². The van der Waals surface area contributed by atoms with Crippen LogP contribution >= 0.6 is 0 Å². The van der Waals surface area contributed by atoms with Crippen LogP contribution in [0.4, 0.5) is 17.3 Å². The van der Waals surface area contributed by atoms with Crippen molar-refractivity contribution in [1.82, 2.24) is 29.6 Å². The van der Waals surface area contributed by atoms with E-state index in [1.165, 1.54) is 30.4 Å². The Kier molecular flexibility index (Phi) is 5.31. The molecule has 10 nitrogen and oxygen atoms in total. The maximum Gasteiger partial charge on any atom is 0.247 e. The van der Waals surface area contributed by atoms with Gasteiger partial charge >= 0.3 is 0 Å². The minimum atomic E-state index is 0. The van der Waals surface area contributed by atoms with Crippen molar-refractivity contribution in [2.75, 3.05) is 56.7 Å². The predicted octanol–water partition coefficient (Wildman–Crippen LogP) is 2.45. The Hall–Kier alpha value is -3.24. The zero-order chi connectivity index (χ0) is 22.2. The first kappa shape index (κ1) is 20.4. The summed E-state index contributed by atoms with van der Waals surface area (Å²) in [6, 6.07) is 9.14. The number of nitrogens with zero attached hydrogens (tertiary/aromatic N) is 7. The quantitative estimate of drug-likeness (QED) is 0.582. The molecular weight excluding hydrogens is 420 g/mol. The molecule has 0 unspecified atom stereocenters. The van der Waals surface area contributed by atoms with E-state index >= 15 is 0 Å². The average Bonchev–Trinajstić information content (AvgIpc) is 3.57. The lowest BCUT2D eigenvalue weighted by Crippen LogP contribution is -2.56. The van der Waals surface area contributed by atoms with E-state index in [2.05, 4.69) is 53.4 Å². The summed E-state index contributed by atoms with van der Waals surface area (Å²) >= 11 is 0. The number of aromatic nitrogens is 5. The standard InChI is InChI=1S/C23H28N8O2.H2/c1-32-22-11-21(24-14-25-22)31-15-26-23(28-31)27-18-8-17(16-2-3-16)9-19(10-18)29-4-6-30(7-5-29)20-12-33-13-20;/h8-11,14-16,20H,2-7,12-13H2,1H3,(H,27,28);1H. The summed E-state index contributed by atoms with van der Waals surface area (Å²) < 4.78 is 12.2. The molecular formula is C23H30N8O2. The van der Waals surface area contributed by atoms with E-state index in [-0.39, 0.29) is 1.43 Å². The fraction of sp³-hybridized carbons (Fsp3) is 0.478. The van der Waals surface area contributed by atoms with Gasteiger partial charge in [-0.15, -0.1) is 5.10 Å². The minimum absolute atomic E-state index is 0. The smallest absolute Gasteiger partial charge is 0.247 e. The van der Waals surface area contributed by atoms with Gasteiger partial charge in [-0.3, -0.25) is 4.90 Å². The summed E-state index contributed by atoms with van der Waals surface area (Å²) in [6.45, 7) is 6.00. The molecule has 2 aliphatic heterocycles. The number of methoxy groups -OCH3 is 1. The van der Waals surface area contributed by atoms with Gasteiger partial charge in [0.2, 0.25) is 11.8 Å². The van der Waals surface area contributed by atoms with Crippen LogP contribution in [0.3, 0.4) is 0 Å². The fourth-order valence-electron chi connectivity index (χ4n) is 4.45. The van der Waals surface area contributed by atoms with Gasteiger partial charge in [0, 0.05) is 45.0 Å². The van der Waals surface area contributed by atoms with Gasteiger partial charge in [0.1, 0.15) is 12.7 Å². The molecule has 174 valence electrons. The molecule has 1 N–H and O–H groups in total. The second-order valence-electron chi connectivity index (χ2n) is 8.86. The zero-order valence-electron chi connectivity index (χ0n) is 18.7. The largest absolute Gasteiger partial charge is 0.481 e. The number of rotatable bonds is 7. The molecule has 1 saturated carbocycles. The Morgan fingerprint density at radius 2 is 1.88 bits per heavy atom. The van der Waals surface area contributed by atoms with Crippen molar-refractivity contribution in [3.05, 3.63) is 42.5 Å². The van der Waals surface area contributed by atoms with E-state index in [4.69, 9.17) is 9.47 Å². The van der Waals surface area contributed by atoms with Gasteiger partial charge < -0.3 is 19.7 Å². The molecule has 1 aliphatic carbocycles. The summed E-state index contributed by atoms with van der Waals surface area (Å²) in [6.07, 6.45) is 5.62. The summed E-state index contributed by atoms with van der Waals surface area (Å²) in [5.41, 5.74) is 3.68. The summed E-state index contributed by atoms with van der Waals surface area (Å²) in [5.74, 6) is 2.28. The molecule has 1 aromatic carbocycles. The molecule has 2 saturated heterocycles. The highest BCUT2D eigenvalue weighted by Crippen LogP contribution is 2.42. The third-order valence-corrected chi connectivity index (χ3v) is 6.62. The normalized spacial score (nSPS) is 19.4. The molecule has 10 heteroatoms. The second-order valence-corrected chi connectivity index (χ2v) is 8.86. The number of hydrogen-bond donors (Lipinski definition) is 1. The van der Waals surface area contributed by atoms with Crippen molar-refractivity contribution in [1.29, 1.82) is 0 Å². The molecule has 6 rings (SSSR count). The Balaban J connectivity index is 0.00000241. The number of benzene rings is 1. The van der Waals surface area contributed by atoms with Crippen LogP contribution in [0.25, 0.3) is 5.82 Å². The Morgan fingerprint density at radius 3 is 2.61 bits per heavy atom. The van der Waals surface area contributed by atoms with Gasteiger partial charge in [0.15, 0.2) is 5.82 Å². The highest BCUT2D eigenvalue weighted by atomic mass is 16.5. The van der Waals surface area contributed by atoms with Crippen LogP contribution in [-0.2, 0) is 4.74 Å². The van der Waals surface area contributed by atoms with Gasteiger partial charge in [-0.2, -0.15) is 4.98 Å². The van der Waals surface area contributed by atoms with E-state index in [0.717, 1.165) is 45.1 Å². The van der Waals surface area contributed by atoms with Gasteiger partial charge in [-0.1, -0.05) is 0 Å². The van der Waals surface area contributed by atoms with Crippen molar-refractivity contribution < 1.29 is 10.9 Å². The van der Waals surface area contributed by atoms with Crippen LogP contribution in [0.5, 0.6) is 5.88 Å². The first-order chi connectivity index (χ1) is 16.2. The zero-order valence-corrected chi connectivity index (χ0v) is 18.7. The molecule has 3 aromatic rings. The lowest BCUT2D eigenvalue weighted by atomic mass is 10.1. The Morgan fingerprint density at radius 1 is 1.03 bits per heavy atom. The van der Waals surface area contributed by atoms with Crippen LogP contribution in [0.1, 0.15) is 25.7 Å². The molecule has 4 heterocycles. The Labute approximate surface area is 194 Å². The van der Waals surface area contributed by atoms with Crippen LogP contribution in [-0.4, -0.2) is 82.2 Å². The average molecular weight is 451 g/mol. The summed E-state index contributed by atoms with van der Waals surface area (Å²) in [4.78, 5) is 17.8. The van der Waals surface area contributed by atoms with E-state index < -0.39 is 0 Å². The third kappa shape index (κ3) is 4.36. The van der Waals surface area contributed by atoms with Crippen molar-refractivity contribution in [2.24, 2.45) is 0 Å². The van der Waals surface area contributed by atoms with Gasteiger partial charge in [-0.25, -0.2) is 14.6 Å². The number of piperazine rings is 1. The number of ether oxygens (including phenoxy) is 2. The van der Waals surface area contributed by atoms with Crippen molar-refractivity contribution in [3.8, 4) is 11.7 Å². The van der Waals surface area contributed by atoms with Crippen LogP contribution in [0, 0.1) is 0 Å². The maximum atomic E-state index is 5.37. The Bertz CT molecular complexity index is 1130. The van der Waals surface area contributed by atoms with Crippen LogP contribution in [0.2, 0.25) is 0 Å². The van der Waals surface area contributed by atoms with Gasteiger partial charge in [-0.05, 0) is 42.5 Å². The first-order valence-corrected chi connectivity index (χ1v) is 11.5. The first-order valence-electron chi connectivity index (χ1n) is 11.5. The van der Waals surface area contributed by atoms with Crippen molar-refractivity contribution in [3.63, 3.8) is 0 Å². The van der Waals surface area contributed by atoms with Crippen molar-refractivity contribution in [2.45, 2.75) is 24.8 Å². The monoisotopic (exact) mass is 450 g/mol. The molecule has 0 bridgehead atoms. The molecule has 0 radical (unpaired) electrons. The molecule has 3 aliphatic rings. The van der Waals surface area contributed by atoms with E-state index in [1.54, 1.807) is 24.2 Å². The maximum absolute atomic E-state index is 5.37. The summed E-state index contributed by atoms with van der Waals surface area (Å²) in [7, 11) is 1.58. The number of nitrogens with one attached hydrogen (secondary N) is 1. The summed E-state index contributed by atoms with van der Waals surface area (Å²) in [5, 5.41) is 7.94.